The molecule has 1 heterocycles. The molecule has 1 unspecified atom stereocenters. The summed E-state index contributed by atoms with van der Waals surface area (Å²) < 4.78 is 11.3. The highest BCUT2D eigenvalue weighted by Gasteiger charge is 2.25. The summed E-state index contributed by atoms with van der Waals surface area (Å²) in [5.41, 5.74) is 0.971. The van der Waals surface area contributed by atoms with Crippen molar-refractivity contribution in [3.05, 3.63) is 64.1 Å². The molecule has 0 spiro atoms. The van der Waals surface area contributed by atoms with Crippen molar-refractivity contribution in [1.82, 2.24) is 4.90 Å². The van der Waals surface area contributed by atoms with E-state index in [1.165, 1.54) is 0 Å². The van der Waals surface area contributed by atoms with E-state index < -0.39 is 0 Å². The normalized spacial score (nSPS) is 17.6. The van der Waals surface area contributed by atoms with E-state index in [0.29, 0.717) is 35.5 Å². The highest BCUT2D eigenvalue weighted by Crippen LogP contribution is 2.24. The minimum absolute atomic E-state index is 0.0100. The summed E-state index contributed by atoms with van der Waals surface area (Å²) in [6.07, 6.45) is -0.170. The average molecular weight is 366 g/mol. The first-order valence-corrected chi connectivity index (χ1v) is 8.40. The number of nitrogens with zero attached hydrogens (tertiary/aromatic N) is 1. The molecule has 0 saturated carbocycles. The van der Waals surface area contributed by atoms with Crippen LogP contribution >= 0.6 is 23.2 Å². The number of hydrogen-bond donors (Lipinski definition) is 0. The van der Waals surface area contributed by atoms with E-state index in [1.807, 2.05) is 24.3 Å². The summed E-state index contributed by atoms with van der Waals surface area (Å²) in [7, 11) is 0. The number of benzene rings is 2. The van der Waals surface area contributed by atoms with Gasteiger partial charge < -0.3 is 14.4 Å². The summed E-state index contributed by atoms with van der Waals surface area (Å²) in [5, 5.41) is 1.29. The highest BCUT2D eigenvalue weighted by atomic mass is 35.5. The Balaban J connectivity index is 1.57. The molecule has 0 N–H and O–H groups in total. The van der Waals surface area contributed by atoms with Crippen LogP contribution in [0, 0.1) is 0 Å². The van der Waals surface area contributed by atoms with E-state index in [9.17, 15) is 4.79 Å². The van der Waals surface area contributed by atoms with Crippen molar-refractivity contribution in [3.8, 4) is 5.75 Å². The quantitative estimate of drug-likeness (QED) is 0.822. The zero-order chi connectivity index (χ0) is 16.9. The lowest BCUT2D eigenvalue weighted by Gasteiger charge is -2.33. The molecule has 126 valence electrons. The lowest BCUT2D eigenvalue weighted by Crippen LogP contribution is -2.44. The van der Waals surface area contributed by atoms with Crippen LogP contribution in [0.1, 0.15) is 11.7 Å². The maximum Gasteiger partial charge on any atom is 0.260 e. The van der Waals surface area contributed by atoms with Gasteiger partial charge in [-0.2, -0.15) is 0 Å². The van der Waals surface area contributed by atoms with Crippen LogP contribution in [-0.4, -0.2) is 37.1 Å². The van der Waals surface area contributed by atoms with E-state index in [2.05, 4.69) is 0 Å². The van der Waals surface area contributed by atoms with Crippen molar-refractivity contribution < 1.29 is 14.3 Å². The second-order valence-electron chi connectivity index (χ2n) is 5.50. The second kappa shape index (κ2) is 7.88. The molecular weight excluding hydrogens is 349 g/mol. The number of halogens is 2. The van der Waals surface area contributed by atoms with Gasteiger partial charge in [0.25, 0.3) is 5.91 Å². The topological polar surface area (TPSA) is 38.8 Å². The number of rotatable bonds is 4. The van der Waals surface area contributed by atoms with Crippen LogP contribution < -0.4 is 4.74 Å². The van der Waals surface area contributed by atoms with Gasteiger partial charge in [-0.05, 0) is 42.0 Å². The molecule has 0 aliphatic carbocycles. The fraction of sp³-hybridized carbons (Fsp3) is 0.278. The third-order valence-electron chi connectivity index (χ3n) is 3.82. The van der Waals surface area contributed by atoms with Gasteiger partial charge in [0.15, 0.2) is 6.61 Å². The van der Waals surface area contributed by atoms with Gasteiger partial charge >= 0.3 is 0 Å². The third kappa shape index (κ3) is 4.41. The van der Waals surface area contributed by atoms with Crippen LogP contribution in [0.4, 0.5) is 0 Å². The predicted octanol–water partition coefficient (Wildman–Crippen LogP) is 3.97. The standard InChI is InChI=1S/C18H17Cl2NO3/c19-14-4-6-16(7-5-14)24-12-18(22)21-8-9-23-17(11-21)13-2-1-3-15(20)10-13/h1-7,10,17H,8-9,11-12H2. The van der Waals surface area contributed by atoms with Crippen molar-refractivity contribution >= 4 is 29.1 Å². The number of morpholine rings is 1. The van der Waals surface area contributed by atoms with Gasteiger partial charge in [0.1, 0.15) is 11.9 Å². The second-order valence-corrected chi connectivity index (χ2v) is 6.37. The number of amides is 1. The predicted molar refractivity (Wildman–Crippen MR) is 93.7 cm³/mol. The molecular formula is C18H17Cl2NO3. The number of carbonyl (C=O) groups is 1. The van der Waals surface area contributed by atoms with Gasteiger partial charge in [0.2, 0.25) is 0 Å². The lowest BCUT2D eigenvalue weighted by atomic mass is 10.1. The van der Waals surface area contributed by atoms with Gasteiger partial charge in [0.05, 0.1) is 13.2 Å². The SMILES string of the molecule is O=C(COc1ccc(Cl)cc1)N1CCOC(c2cccc(Cl)c2)C1. The summed E-state index contributed by atoms with van der Waals surface area (Å²) in [5.74, 6) is 0.549. The Morgan fingerprint density at radius 1 is 1.17 bits per heavy atom. The monoisotopic (exact) mass is 365 g/mol. The molecule has 4 nitrogen and oxygen atoms in total. The van der Waals surface area contributed by atoms with Crippen LogP contribution in [0.15, 0.2) is 48.5 Å². The van der Waals surface area contributed by atoms with Crippen molar-refractivity contribution in [2.75, 3.05) is 26.3 Å². The molecule has 1 amide bonds. The molecule has 3 rings (SSSR count). The average Bonchev–Trinajstić information content (AvgIpc) is 2.61. The summed E-state index contributed by atoms with van der Waals surface area (Å²) >= 11 is 11.9. The maximum atomic E-state index is 12.4. The molecule has 1 aliphatic heterocycles. The van der Waals surface area contributed by atoms with Crippen LogP contribution in [-0.2, 0) is 9.53 Å². The molecule has 0 radical (unpaired) electrons. The van der Waals surface area contributed by atoms with Gasteiger partial charge in [0, 0.05) is 16.6 Å². The number of carbonyl (C=O) groups excluding carboxylic acids is 1. The Bertz CT molecular complexity index is 706. The summed E-state index contributed by atoms with van der Waals surface area (Å²) in [6.45, 7) is 1.52. The van der Waals surface area contributed by atoms with E-state index in [0.717, 1.165) is 5.56 Å². The van der Waals surface area contributed by atoms with Crippen LogP contribution in [0.2, 0.25) is 10.0 Å². The Hall–Kier alpha value is -1.75. The lowest BCUT2D eigenvalue weighted by molar-refractivity contribution is -0.141. The summed E-state index contributed by atoms with van der Waals surface area (Å²) in [6, 6.07) is 14.4. The van der Waals surface area contributed by atoms with Gasteiger partial charge in [-0.3, -0.25) is 4.79 Å². The molecule has 1 saturated heterocycles. The third-order valence-corrected chi connectivity index (χ3v) is 4.30. The van der Waals surface area contributed by atoms with Crippen molar-refractivity contribution in [2.24, 2.45) is 0 Å². The molecule has 1 fully saturated rings. The van der Waals surface area contributed by atoms with Crippen LogP contribution in [0.5, 0.6) is 5.75 Å². The van der Waals surface area contributed by atoms with E-state index in [-0.39, 0.29) is 18.6 Å². The molecule has 2 aromatic carbocycles. The van der Waals surface area contributed by atoms with Crippen LogP contribution in [0.25, 0.3) is 0 Å². The molecule has 1 aliphatic rings. The fourth-order valence-electron chi connectivity index (χ4n) is 2.55. The molecule has 0 bridgehead atoms. The number of hydrogen-bond acceptors (Lipinski definition) is 3. The molecule has 0 aromatic heterocycles. The van der Waals surface area contributed by atoms with Gasteiger partial charge in [-0.1, -0.05) is 35.3 Å². The first-order valence-electron chi connectivity index (χ1n) is 7.65. The van der Waals surface area contributed by atoms with E-state index in [1.54, 1.807) is 29.2 Å². The summed E-state index contributed by atoms with van der Waals surface area (Å²) in [4.78, 5) is 14.1. The molecule has 6 heteroatoms. The first kappa shape index (κ1) is 17.1. The van der Waals surface area contributed by atoms with Crippen molar-refractivity contribution in [2.45, 2.75) is 6.10 Å². The minimum Gasteiger partial charge on any atom is -0.484 e. The largest absolute Gasteiger partial charge is 0.484 e. The molecule has 2 aromatic rings. The highest BCUT2D eigenvalue weighted by molar-refractivity contribution is 6.30. The van der Waals surface area contributed by atoms with Crippen LogP contribution in [0.3, 0.4) is 0 Å². The first-order chi connectivity index (χ1) is 11.6. The van der Waals surface area contributed by atoms with Crippen molar-refractivity contribution in [3.63, 3.8) is 0 Å². The minimum atomic E-state index is -0.170. The zero-order valence-electron chi connectivity index (χ0n) is 13.0. The Kier molecular flexibility index (Phi) is 5.61. The van der Waals surface area contributed by atoms with Crippen molar-refractivity contribution in [1.29, 1.82) is 0 Å². The van der Waals surface area contributed by atoms with E-state index >= 15 is 0 Å². The molecule has 1 atom stereocenters. The maximum absolute atomic E-state index is 12.4. The fourth-order valence-corrected chi connectivity index (χ4v) is 2.88. The van der Waals surface area contributed by atoms with Gasteiger partial charge in [-0.15, -0.1) is 0 Å². The Labute approximate surface area is 150 Å². The smallest absolute Gasteiger partial charge is 0.260 e. The number of ether oxygens (including phenoxy) is 2. The molecule has 24 heavy (non-hydrogen) atoms. The van der Waals surface area contributed by atoms with E-state index in [4.69, 9.17) is 32.7 Å². The van der Waals surface area contributed by atoms with Gasteiger partial charge in [-0.25, -0.2) is 0 Å². The Morgan fingerprint density at radius 2 is 1.96 bits per heavy atom. The zero-order valence-corrected chi connectivity index (χ0v) is 14.5. The Morgan fingerprint density at radius 3 is 2.71 bits per heavy atom.